The first-order valence-electron chi connectivity index (χ1n) is 9.85. The first kappa shape index (κ1) is 21.5. The van der Waals surface area contributed by atoms with Crippen molar-refractivity contribution >= 4 is 40.8 Å². The molecular weight excluding hydrogens is 484 g/mol. The van der Waals surface area contributed by atoms with E-state index in [9.17, 15) is 4.39 Å². The molecule has 3 N–H and O–H groups in total. The maximum absolute atomic E-state index is 13.3. The van der Waals surface area contributed by atoms with Crippen molar-refractivity contribution in [3.8, 4) is 0 Å². The molecular formula is C20H27FIN7. The zero-order valence-corrected chi connectivity index (χ0v) is 18.9. The van der Waals surface area contributed by atoms with Gasteiger partial charge in [0.1, 0.15) is 11.6 Å². The summed E-state index contributed by atoms with van der Waals surface area (Å²) >= 11 is 0. The number of nitrogens with zero attached hydrogens (tertiary/aromatic N) is 4. The van der Waals surface area contributed by atoms with Gasteiger partial charge in [-0.3, -0.25) is 4.99 Å². The van der Waals surface area contributed by atoms with Crippen LogP contribution in [0.2, 0.25) is 0 Å². The molecule has 1 aliphatic heterocycles. The van der Waals surface area contributed by atoms with E-state index < -0.39 is 0 Å². The molecule has 0 atom stereocenters. The van der Waals surface area contributed by atoms with Crippen LogP contribution in [0.1, 0.15) is 36.5 Å². The lowest BCUT2D eigenvalue weighted by Gasteiger charge is -2.12. The van der Waals surface area contributed by atoms with Crippen LogP contribution in [0.15, 0.2) is 29.4 Å². The van der Waals surface area contributed by atoms with E-state index in [2.05, 4.69) is 35.4 Å². The van der Waals surface area contributed by atoms with Crippen molar-refractivity contribution in [3.63, 3.8) is 0 Å². The Balaban J connectivity index is 0.00000240. The van der Waals surface area contributed by atoms with Gasteiger partial charge in [-0.25, -0.2) is 4.39 Å². The first-order chi connectivity index (χ1) is 13.7. The van der Waals surface area contributed by atoms with Crippen molar-refractivity contribution in [2.24, 2.45) is 4.99 Å². The Morgan fingerprint density at radius 1 is 1.24 bits per heavy atom. The van der Waals surface area contributed by atoms with Crippen LogP contribution in [-0.2, 0) is 25.9 Å². The molecule has 2 aromatic heterocycles. The molecule has 0 fully saturated rings. The number of guanidine groups is 1. The second-order valence-electron chi connectivity index (χ2n) is 7.10. The van der Waals surface area contributed by atoms with E-state index in [4.69, 9.17) is 0 Å². The van der Waals surface area contributed by atoms with Crippen molar-refractivity contribution in [3.05, 3.63) is 47.4 Å². The van der Waals surface area contributed by atoms with Crippen LogP contribution in [0.5, 0.6) is 0 Å². The molecule has 3 heterocycles. The van der Waals surface area contributed by atoms with Crippen molar-refractivity contribution in [1.82, 2.24) is 30.4 Å². The highest BCUT2D eigenvalue weighted by atomic mass is 127. The predicted octanol–water partition coefficient (Wildman–Crippen LogP) is 3.15. The summed E-state index contributed by atoms with van der Waals surface area (Å²) in [6.45, 7) is 2.31. The van der Waals surface area contributed by atoms with Gasteiger partial charge >= 0.3 is 0 Å². The van der Waals surface area contributed by atoms with E-state index >= 15 is 0 Å². The van der Waals surface area contributed by atoms with Crippen molar-refractivity contribution in [1.29, 1.82) is 0 Å². The summed E-state index contributed by atoms with van der Waals surface area (Å²) < 4.78 is 15.5. The van der Waals surface area contributed by atoms with Crippen LogP contribution in [0.4, 0.5) is 4.39 Å². The molecule has 1 aliphatic rings. The minimum Gasteiger partial charge on any atom is -0.361 e. The van der Waals surface area contributed by atoms with Crippen LogP contribution >= 0.6 is 24.0 Å². The molecule has 156 valence electrons. The number of aromatic amines is 1. The van der Waals surface area contributed by atoms with Gasteiger partial charge in [0, 0.05) is 43.7 Å². The summed E-state index contributed by atoms with van der Waals surface area (Å²) in [5.41, 5.74) is 1.98. The van der Waals surface area contributed by atoms with Crippen LogP contribution in [0.3, 0.4) is 0 Å². The Kier molecular flexibility index (Phi) is 7.45. The number of hydrogen-bond donors (Lipinski definition) is 3. The quantitative estimate of drug-likeness (QED) is 0.279. The molecule has 0 bridgehead atoms. The largest absolute Gasteiger partial charge is 0.361 e. The number of aryl methyl sites for hydroxylation is 1. The van der Waals surface area contributed by atoms with Crippen LogP contribution in [0, 0.1) is 5.82 Å². The maximum Gasteiger partial charge on any atom is 0.191 e. The van der Waals surface area contributed by atoms with E-state index in [1.165, 1.54) is 31.4 Å². The van der Waals surface area contributed by atoms with Gasteiger partial charge in [0.25, 0.3) is 0 Å². The molecule has 7 nitrogen and oxygen atoms in total. The Morgan fingerprint density at radius 3 is 3.00 bits per heavy atom. The Bertz CT molecular complexity index is 979. The first-order valence-corrected chi connectivity index (χ1v) is 9.85. The van der Waals surface area contributed by atoms with Crippen LogP contribution < -0.4 is 10.6 Å². The summed E-state index contributed by atoms with van der Waals surface area (Å²) in [5, 5.41) is 16.4. The molecule has 3 aromatic rings. The van der Waals surface area contributed by atoms with Gasteiger partial charge in [0.05, 0.1) is 6.54 Å². The number of aliphatic imine (C=N–C) groups is 1. The third kappa shape index (κ3) is 5.06. The van der Waals surface area contributed by atoms with Crippen LogP contribution in [0.25, 0.3) is 10.9 Å². The standard InChI is InChI=1S/C20H26FN7.HI/c1-22-20(25-13-19-27-26-18-5-3-2-4-10-28(18)19)23-9-8-14-12-24-17-11-15(21)6-7-16(14)17;/h6-7,11-12,24H,2-5,8-10,13H2,1H3,(H2,22,23,25);1H. The van der Waals surface area contributed by atoms with Crippen molar-refractivity contribution < 1.29 is 4.39 Å². The fraction of sp³-hybridized carbons (Fsp3) is 0.450. The van der Waals surface area contributed by atoms with Gasteiger partial charge in [0.2, 0.25) is 0 Å². The van der Waals surface area contributed by atoms with Gasteiger partial charge in [-0.15, -0.1) is 34.2 Å². The van der Waals surface area contributed by atoms with E-state index in [1.807, 2.05) is 12.3 Å². The molecule has 0 radical (unpaired) electrons. The third-order valence-corrected chi connectivity index (χ3v) is 5.24. The maximum atomic E-state index is 13.3. The number of benzene rings is 1. The van der Waals surface area contributed by atoms with E-state index in [0.29, 0.717) is 6.54 Å². The smallest absolute Gasteiger partial charge is 0.191 e. The molecule has 0 saturated carbocycles. The Morgan fingerprint density at radius 2 is 2.14 bits per heavy atom. The zero-order chi connectivity index (χ0) is 19.3. The highest BCUT2D eigenvalue weighted by Crippen LogP contribution is 2.19. The minimum absolute atomic E-state index is 0. The number of halogens is 2. The van der Waals surface area contributed by atoms with E-state index in [1.54, 1.807) is 7.05 Å². The van der Waals surface area contributed by atoms with Crippen molar-refractivity contribution in [2.75, 3.05) is 13.6 Å². The summed E-state index contributed by atoms with van der Waals surface area (Å²) in [6.07, 6.45) is 7.38. The second kappa shape index (κ2) is 10.0. The third-order valence-electron chi connectivity index (χ3n) is 5.24. The van der Waals surface area contributed by atoms with Gasteiger partial charge in [-0.05, 0) is 43.0 Å². The molecule has 0 aliphatic carbocycles. The summed E-state index contributed by atoms with van der Waals surface area (Å²) in [6, 6.07) is 4.84. The monoisotopic (exact) mass is 511 g/mol. The predicted molar refractivity (Wildman–Crippen MR) is 123 cm³/mol. The molecule has 0 saturated heterocycles. The lowest BCUT2D eigenvalue weighted by Crippen LogP contribution is -2.38. The average molecular weight is 511 g/mol. The fourth-order valence-corrected chi connectivity index (χ4v) is 3.74. The van der Waals surface area contributed by atoms with Crippen LogP contribution in [-0.4, -0.2) is 39.3 Å². The highest BCUT2D eigenvalue weighted by Gasteiger charge is 2.14. The highest BCUT2D eigenvalue weighted by molar-refractivity contribution is 14.0. The topological polar surface area (TPSA) is 82.9 Å². The summed E-state index contributed by atoms with van der Waals surface area (Å²) in [4.78, 5) is 7.42. The number of nitrogens with one attached hydrogen (secondary N) is 3. The van der Waals surface area contributed by atoms with Crippen molar-refractivity contribution in [2.45, 2.75) is 45.2 Å². The molecule has 4 rings (SSSR count). The van der Waals surface area contributed by atoms with Gasteiger partial charge in [0.15, 0.2) is 11.8 Å². The fourth-order valence-electron chi connectivity index (χ4n) is 3.74. The van der Waals surface area contributed by atoms with E-state index in [0.717, 1.165) is 60.0 Å². The second-order valence-corrected chi connectivity index (χ2v) is 7.10. The number of hydrogen-bond acceptors (Lipinski definition) is 3. The normalized spacial score (nSPS) is 14.2. The lowest BCUT2D eigenvalue weighted by atomic mass is 10.1. The zero-order valence-electron chi connectivity index (χ0n) is 16.5. The molecule has 0 spiro atoms. The number of H-pyrrole nitrogens is 1. The molecule has 9 heteroatoms. The number of fused-ring (bicyclic) bond motifs is 2. The summed E-state index contributed by atoms with van der Waals surface area (Å²) in [7, 11) is 1.76. The van der Waals surface area contributed by atoms with E-state index in [-0.39, 0.29) is 29.8 Å². The number of aromatic nitrogens is 4. The van der Waals surface area contributed by atoms with Gasteiger partial charge in [-0.2, -0.15) is 0 Å². The Labute approximate surface area is 186 Å². The lowest BCUT2D eigenvalue weighted by molar-refractivity contribution is 0.596. The minimum atomic E-state index is -0.227. The van der Waals surface area contributed by atoms with Gasteiger partial charge in [-0.1, -0.05) is 6.42 Å². The molecule has 0 unspecified atom stereocenters. The van der Waals surface area contributed by atoms with Gasteiger partial charge < -0.3 is 20.2 Å². The average Bonchev–Trinajstić information content (AvgIpc) is 3.19. The Hall–Kier alpha value is -2.17. The molecule has 0 amide bonds. The SMILES string of the molecule is CN=C(NCCc1c[nH]c2cc(F)ccc12)NCc1nnc2n1CCCCC2.I. The molecule has 29 heavy (non-hydrogen) atoms. The molecule has 1 aromatic carbocycles. The number of rotatable bonds is 5. The summed E-state index contributed by atoms with van der Waals surface area (Å²) in [5.74, 6) is 2.55.